The first-order valence-electron chi connectivity index (χ1n) is 11.7. The van der Waals surface area contributed by atoms with Gasteiger partial charge in [0.1, 0.15) is 49.2 Å². The minimum atomic E-state index is -4.94. The van der Waals surface area contributed by atoms with Crippen molar-refractivity contribution in [3.05, 3.63) is 59.2 Å². The van der Waals surface area contributed by atoms with Crippen LogP contribution in [-0.4, -0.2) is 86.2 Å². The van der Waals surface area contributed by atoms with Crippen LogP contribution in [0.25, 0.3) is 0 Å². The van der Waals surface area contributed by atoms with Gasteiger partial charge in [0.25, 0.3) is 0 Å². The van der Waals surface area contributed by atoms with E-state index in [1.807, 2.05) is 36.4 Å². The fourth-order valence-corrected chi connectivity index (χ4v) is 3.31. The first kappa shape index (κ1) is 36.2. The molecule has 0 N–H and O–H groups in total. The molecule has 0 aromatic carbocycles. The molecule has 0 bridgehead atoms. The van der Waals surface area contributed by atoms with Crippen LogP contribution in [0.4, 0.5) is 0 Å². The van der Waals surface area contributed by atoms with Gasteiger partial charge in [0.05, 0.1) is 26.2 Å². The summed E-state index contributed by atoms with van der Waals surface area (Å²) in [6.07, 6.45) is 0. The molecule has 0 fully saturated rings. The number of rotatable bonds is 4. The Morgan fingerprint density at radius 1 is 0.442 bits per heavy atom. The maximum absolute atomic E-state index is 8.49. The predicted molar refractivity (Wildman–Crippen MR) is 118 cm³/mol. The van der Waals surface area contributed by atoms with Gasteiger partial charge in [0.15, 0.2) is 0 Å². The summed E-state index contributed by atoms with van der Waals surface area (Å²) >= 11 is 0. The number of halogens is 2. The Labute approximate surface area is 258 Å². The van der Waals surface area contributed by atoms with E-state index in [1.165, 1.54) is 0 Å². The van der Waals surface area contributed by atoms with Gasteiger partial charge in [-0.2, -0.15) is 0 Å². The van der Waals surface area contributed by atoms with Gasteiger partial charge < -0.3 is 18.9 Å². The molecule has 0 aliphatic carbocycles. The van der Waals surface area contributed by atoms with Crippen LogP contribution in [0.1, 0.15) is 22.8 Å². The van der Waals surface area contributed by atoms with E-state index in [0.717, 1.165) is 22.8 Å². The van der Waals surface area contributed by atoms with Gasteiger partial charge in [-0.1, -0.05) is 12.1 Å². The molecule has 0 saturated heterocycles. The normalized spacial score (nSPS) is 16.7. The van der Waals surface area contributed by atoms with E-state index in [9.17, 15) is 0 Å². The smallest absolute Gasteiger partial charge is 0.474 e. The Kier molecular flexibility index (Phi) is 14.5. The van der Waals surface area contributed by atoms with Gasteiger partial charge in [0, 0.05) is 0 Å². The zero-order valence-electron chi connectivity index (χ0n) is 21.8. The van der Waals surface area contributed by atoms with Crippen molar-refractivity contribution in [1.29, 1.82) is 0 Å². The van der Waals surface area contributed by atoms with Crippen molar-refractivity contribution in [1.82, 2.24) is 9.97 Å². The Hall–Kier alpha value is -3.04. The van der Waals surface area contributed by atoms with Crippen molar-refractivity contribution in [3.8, 4) is 0 Å². The Morgan fingerprint density at radius 2 is 0.651 bits per heavy atom. The third-order valence-corrected chi connectivity index (χ3v) is 4.72. The number of nitrogens with zero attached hydrogens (tertiary/aromatic N) is 6. The summed E-state index contributed by atoms with van der Waals surface area (Å²) < 4.78 is 89.4. The van der Waals surface area contributed by atoms with Crippen molar-refractivity contribution in [2.24, 2.45) is 20.0 Å². The first-order chi connectivity index (χ1) is 19.9. The van der Waals surface area contributed by atoms with Gasteiger partial charge in [0.2, 0.25) is 23.6 Å². The average molecular weight is 689 g/mol. The molecule has 2 aromatic rings. The molecule has 4 aliphatic rings. The van der Waals surface area contributed by atoms with E-state index in [1.54, 1.807) is 0 Å². The van der Waals surface area contributed by atoms with E-state index in [4.69, 9.17) is 56.2 Å². The molecule has 4 aliphatic heterocycles. The van der Waals surface area contributed by atoms with E-state index in [2.05, 4.69) is 29.9 Å². The van der Waals surface area contributed by atoms with E-state index in [-0.39, 0.29) is 17.1 Å². The van der Waals surface area contributed by atoms with Crippen molar-refractivity contribution in [2.75, 3.05) is 52.6 Å². The van der Waals surface area contributed by atoms with Crippen LogP contribution >= 0.6 is 0 Å². The monoisotopic (exact) mass is 688 g/mol. The number of pyridine rings is 2. The summed E-state index contributed by atoms with van der Waals surface area (Å²) in [6, 6.07) is 11.3. The SMILES string of the molecule is [Fe+2].[O-][Cl+3]([O-])([O-])[O-].[O-][Cl+3]([O-])([O-])[O-].c1cc(C2=NCCO2)nc(C2=NCCO2)c1.c1cc(C2=NCCO2)nc(C2=NCCO2)c1. The molecule has 0 amide bonds. The second-order valence-electron chi connectivity index (χ2n) is 7.71. The number of hydrogen-bond acceptors (Lipinski definition) is 18. The minimum Gasteiger partial charge on any atom is -0.474 e. The van der Waals surface area contributed by atoms with Gasteiger partial charge in [-0.3, -0.25) is 0 Å². The minimum absolute atomic E-state index is 0. The summed E-state index contributed by atoms with van der Waals surface area (Å²) in [4.78, 5) is 25.8. The predicted octanol–water partition coefficient (Wildman–Crippen LogP) is -8.24. The van der Waals surface area contributed by atoms with Crippen LogP contribution in [0.15, 0.2) is 56.4 Å². The van der Waals surface area contributed by atoms with Crippen molar-refractivity contribution in [3.63, 3.8) is 0 Å². The van der Waals surface area contributed by atoms with Crippen LogP contribution in [0.3, 0.4) is 0 Å². The fraction of sp³-hybridized carbons (Fsp3) is 0.364. The van der Waals surface area contributed by atoms with Crippen LogP contribution in [0.2, 0.25) is 0 Å². The number of hydrogen-bond donors (Lipinski definition) is 0. The maximum atomic E-state index is 8.49. The topological polar surface area (TPSA) is 297 Å². The molecule has 6 rings (SSSR count). The van der Waals surface area contributed by atoms with Gasteiger partial charge in [-0.25, -0.2) is 67.2 Å². The molecule has 0 spiro atoms. The van der Waals surface area contributed by atoms with Crippen LogP contribution in [0, 0.1) is 20.5 Å². The molecule has 0 radical (unpaired) electrons. The Morgan fingerprint density at radius 3 is 0.814 bits per heavy atom. The van der Waals surface area contributed by atoms with Crippen LogP contribution < -0.4 is 37.3 Å². The van der Waals surface area contributed by atoms with Crippen LogP contribution in [-0.2, 0) is 36.0 Å². The zero-order valence-corrected chi connectivity index (χ0v) is 24.4. The summed E-state index contributed by atoms with van der Waals surface area (Å²) in [5, 5.41) is 0. The molecule has 21 heteroatoms. The van der Waals surface area contributed by atoms with Gasteiger partial charge in [-0.15, -0.1) is 20.5 Å². The summed E-state index contributed by atoms with van der Waals surface area (Å²) in [7, 11) is -9.89. The van der Waals surface area contributed by atoms with E-state index < -0.39 is 20.5 Å². The van der Waals surface area contributed by atoms with E-state index >= 15 is 0 Å². The number of aliphatic imine (C=N–C) groups is 4. The third-order valence-electron chi connectivity index (χ3n) is 4.72. The molecule has 18 nitrogen and oxygen atoms in total. The van der Waals surface area contributed by atoms with Crippen molar-refractivity contribution in [2.45, 2.75) is 0 Å². The molecule has 2 aromatic heterocycles. The molecule has 0 atom stereocenters. The van der Waals surface area contributed by atoms with Crippen molar-refractivity contribution < 1.29 is 93.8 Å². The molecular weight excluding hydrogens is 667 g/mol. The van der Waals surface area contributed by atoms with E-state index in [0.29, 0.717) is 76.2 Å². The summed E-state index contributed by atoms with van der Waals surface area (Å²) in [5.41, 5.74) is 2.97. The first-order valence-corrected chi connectivity index (χ1v) is 14.2. The molecule has 43 heavy (non-hydrogen) atoms. The molecule has 0 unspecified atom stereocenters. The van der Waals surface area contributed by atoms with Gasteiger partial charge in [-0.05, 0) is 24.3 Å². The van der Waals surface area contributed by atoms with Gasteiger partial charge >= 0.3 is 17.1 Å². The Balaban J connectivity index is 0.000000226. The standard InChI is InChI=1S/2C11H11N3O2.2ClHO4.Fe/c2*1-2-8(10-12-4-6-15-10)14-9(3-1)11-13-5-7-16-11;2*2-1(3,4)5;/h2*1-3H,4-7H2;2*(H,2,3,4,5);/q;;;;+2/p-2. The molecule has 0 saturated carbocycles. The largest absolute Gasteiger partial charge is 2.00 e. The van der Waals surface area contributed by atoms with Crippen LogP contribution in [0.5, 0.6) is 0 Å². The molecule has 6 heterocycles. The zero-order chi connectivity index (χ0) is 30.6. The molecular formula is C22H22Cl2FeN6O12. The quantitative estimate of drug-likeness (QED) is 0.270. The average Bonchev–Trinajstić information content (AvgIpc) is 3.76. The molecule has 234 valence electrons. The second-order valence-corrected chi connectivity index (χ2v) is 9.23. The number of aromatic nitrogens is 2. The van der Waals surface area contributed by atoms with Crippen molar-refractivity contribution >= 4 is 23.6 Å². The third kappa shape index (κ3) is 14.3. The summed E-state index contributed by atoms with van der Waals surface area (Å²) in [6.45, 7) is 5.38. The second kappa shape index (κ2) is 17.3. The Bertz CT molecular complexity index is 1130. The fourth-order valence-electron chi connectivity index (χ4n) is 3.31. The summed E-state index contributed by atoms with van der Waals surface area (Å²) in [5.74, 6) is 2.45. The maximum Gasteiger partial charge on any atom is 2.00 e. The number of ether oxygens (including phenoxy) is 4.